The van der Waals surface area contributed by atoms with Gasteiger partial charge in [0.2, 0.25) is 0 Å². The normalized spacial score (nSPS) is 30.4. The van der Waals surface area contributed by atoms with Gasteiger partial charge < -0.3 is 4.74 Å². The second-order valence-electron chi connectivity index (χ2n) is 8.28. The van der Waals surface area contributed by atoms with Gasteiger partial charge in [0.25, 0.3) is 0 Å². The summed E-state index contributed by atoms with van der Waals surface area (Å²) in [5.41, 5.74) is 0. The lowest BCUT2D eigenvalue weighted by Crippen LogP contribution is -2.26. The molecule has 0 radical (unpaired) electrons. The minimum absolute atomic E-state index is 0.475. The average Bonchev–Trinajstić information content (AvgIpc) is 2.68. The van der Waals surface area contributed by atoms with Gasteiger partial charge in [-0.3, -0.25) is 0 Å². The fourth-order valence-corrected chi connectivity index (χ4v) is 4.57. The molecule has 2 nitrogen and oxygen atoms in total. The Morgan fingerprint density at radius 3 is 2.27 bits per heavy atom. The third-order valence-corrected chi connectivity index (χ3v) is 6.25. The average molecular weight is 362 g/mol. The van der Waals surface area contributed by atoms with Crippen molar-refractivity contribution in [3.05, 3.63) is 24.1 Å². The smallest absolute Gasteiger partial charge is 0.199 e. The molecule has 0 aromatic rings. The SMILES string of the molecule is CCCC1CCC(COC2CCC(CCC=CC=C(F)C#N)CC2)CC1. The maximum atomic E-state index is 12.7. The number of halogens is 1. The second kappa shape index (κ2) is 12.3. The molecule has 2 rings (SSSR count). The number of ether oxygens (including phenoxy) is 1. The molecule has 3 heteroatoms. The Balaban J connectivity index is 1.53. The third kappa shape index (κ3) is 8.04. The highest BCUT2D eigenvalue weighted by molar-refractivity contribution is 5.18. The van der Waals surface area contributed by atoms with Crippen LogP contribution in [0.2, 0.25) is 0 Å². The number of hydrogen-bond donors (Lipinski definition) is 0. The number of rotatable bonds is 9. The lowest BCUT2D eigenvalue weighted by Gasteiger charge is -2.32. The monoisotopic (exact) mass is 361 g/mol. The van der Waals surface area contributed by atoms with Gasteiger partial charge >= 0.3 is 0 Å². The van der Waals surface area contributed by atoms with Crippen molar-refractivity contribution in [3.63, 3.8) is 0 Å². The molecule has 0 heterocycles. The van der Waals surface area contributed by atoms with Crippen molar-refractivity contribution < 1.29 is 9.13 Å². The molecule has 146 valence electrons. The fraction of sp³-hybridized carbons (Fsp3) is 0.783. The lowest BCUT2D eigenvalue weighted by molar-refractivity contribution is -0.0101. The van der Waals surface area contributed by atoms with Crippen LogP contribution in [0.3, 0.4) is 0 Å². The van der Waals surface area contributed by atoms with Crippen molar-refractivity contribution >= 4 is 0 Å². The van der Waals surface area contributed by atoms with Crippen LogP contribution in [0, 0.1) is 29.1 Å². The summed E-state index contributed by atoms with van der Waals surface area (Å²) in [6, 6.07) is 1.48. The van der Waals surface area contributed by atoms with Crippen molar-refractivity contribution in [1.82, 2.24) is 0 Å². The van der Waals surface area contributed by atoms with Gasteiger partial charge in [0.15, 0.2) is 5.83 Å². The highest BCUT2D eigenvalue weighted by Gasteiger charge is 2.24. The Morgan fingerprint density at radius 2 is 1.62 bits per heavy atom. The largest absolute Gasteiger partial charge is 0.378 e. The maximum Gasteiger partial charge on any atom is 0.199 e. The maximum absolute atomic E-state index is 12.7. The first-order valence-corrected chi connectivity index (χ1v) is 10.7. The van der Waals surface area contributed by atoms with Gasteiger partial charge in [-0.15, -0.1) is 0 Å². The van der Waals surface area contributed by atoms with Crippen molar-refractivity contribution in [2.24, 2.45) is 17.8 Å². The van der Waals surface area contributed by atoms with Crippen molar-refractivity contribution in [3.8, 4) is 6.07 Å². The molecule has 0 N–H and O–H groups in total. The quantitative estimate of drug-likeness (QED) is 0.331. The Hall–Kier alpha value is -1.14. The van der Waals surface area contributed by atoms with Crippen LogP contribution < -0.4 is 0 Å². The first kappa shape index (κ1) is 21.2. The first-order chi connectivity index (χ1) is 12.7. The minimum Gasteiger partial charge on any atom is -0.378 e. The van der Waals surface area contributed by atoms with Crippen LogP contribution in [0.25, 0.3) is 0 Å². The predicted octanol–water partition coefficient (Wildman–Crippen LogP) is 6.88. The van der Waals surface area contributed by atoms with Crippen LogP contribution in [0.4, 0.5) is 4.39 Å². The van der Waals surface area contributed by atoms with Gasteiger partial charge in [-0.25, -0.2) is 0 Å². The molecule has 0 amide bonds. The summed E-state index contributed by atoms with van der Waals surface area (Å²) in [6.07, 6.45) is 20.7. The summed E-state index contributed by atoms with van der Waals surface area (Å²) in [5, 5.41) is 8.34. The summed E-state index contributed by atoms with van der Waals surface area (Å²) >= 11 is 0. The van der Waals surface area contributed by atoms with Crippen molar-refractivity contribution in [2.45, 2.75) is 90.1 Å². The standard InChI is InChI=1S/C23H36FNO/c1-2-6-19-9-11-21(12-10-19)18-26-23-15-13-20(14-16-23)7-4-3-5-8-22(24)17-25/h3,5,8,19-21,23H,2,4,6-7,9-16,18H2,1H3. The van der Waals surface area contributed by atoms with Crippen LogP contribution in [-0.2, 0) is 4.74 Å². The summed E-state index contributed by atoms with van der Waals surface area (Å²) in [7, 11) is 0. The Labute approximate surface area is 159 Å². The lowest BCUT2D eigenvalue weighted by atomic mass is 9.80. The van der Waals surface area contributed by atoms with Crippen molar-refractivity contribution in [2.75, 3.05) is 6.61 Å². The molecular weight excluding hydrogens is 325 g/mol. The summed E-state index contributed by atoms with van der Waals surface area (Å²) in [4.78, 5) is 0. The molecule has 0 aliphatic heterocycles. The molecule has 0 saturated heterocycles. The molecular formula is C23H36FNO. The van der Waals surface area contributed by atoms with Crippen LogP contribution in [-0.4, -0.2) is 12.7 Å². The molecule has 2 aliphatic carbocycles. The van der Waals surface area contributed by atoms with E-state index in [1.54, 1.807) is 6.08 Å². The van der Waals surface area contributed by atoms with E-state index in [9.17, 15) is 4.39 Å². The van der Waals surface area contributed by atoms with Crippen LogP contribution in [0.1, 0.15) is 84.0 Å². The number of nitriles is 1. The zero-order valence-electron chi connectivity index (χ0n) is 16.5. The highest BCUT2D eigenvalue weighted by Crippen LogP contribution is 2.33. The van der Waals surface area contributed by atoms with E-state index in [-0.39, 0.29) is 0 Å². The van der Waals surface area contributed by atoms with Gasteiger partial charge in [-0.2, -0.15) is 9.65 Å². The van der Waals surface area contributed by atoms with E-state index in [2.05, 4.69) is 6.92 Å². The van der Waals surface area contributed by atoms with Gasteiger partial charge in [-0.1, -0.05) is 44.8 Å². The van der Waals surface area contributed by atoms with Gasteiger partial charge in [0.1, 0.15) is 6.07 Å². The van der Waals surface area contributed by atoms with Crippen LogP contribution in [0.5, 0.6) is 0 Å². The molecule has 0 atom stereocenters. The third-order valence-electron chi connectivity index (χ3n) is 6.25. The van der Waals surface area contributed by atoms with E-state index in [4.69, 9.17) is 10.00 Å². The Morgan fingerprint density at radius 1 is 1.00 bits per heavy atom. The number of hydrogen-bond acceptors (Lipinski definition) is 2. The van der Waals surface area contributed by atoms with Gasteiger partial charge in [0, 0.05) is 6.61 Å². The van der Waals surface area contributed by atoms with E-state index in [0.717, 1.165) is 37.2 Å². The summed E-state index contributed by atoms with van der Waals surface area (Å²) < 4.78 is 18.9. The van der Waals surface area contributed by atoms with E-state index in [0.29, 0.717) is 6.10 Å². The van der Waals surface area contributed by atoms with E-state index >= 15 is 0 Å². The number of allylic oxidation sites excluding steroid dienone is 4. The molecule has 0 aromatic heterocycles. The highest BCUT2D eigenvalue weighted by atomic mass is 19.1. The van der Waals surface area contributed by atoms with Crippen molar-refractivity contribution in [1.29, 1.82) is 5.26 Å². The Bertz CT molecular complexity index is 477. The molecule has 0 unspecified atom stereocenters. The first-order valence-electron chi connectivity index (χ1n) is 10.7. The predicted molar refractivity (Wildman–Crippen MR) is 105 cm³/mol. The number of nitrogens with zero attached hydrogens (tertiary/aromatic N) is 1. The molecule has 0 aromatic carbocycles. The van der Waals surface area contributed by atoms with Gasteiger partial charge in [-0.05, 0) is 75.2 Å². The minimum atomic E-state index is -0.724. The molecule has 2 saturated carbocycles. The fourth-order valence-electron chi connectivity index (χ4n) is 4.57. The summed E-state index contributed by atoms with van der Waals surface area (Å²) in [5.74, 6) is 1.83. The Kier molecular flexibility index (Phi) is 10.00. The zero-order chi connectivity index (χ0) is 18.6. The zero-order valence-corrected chi connectivity index (χ0v) is 16.5. The van der Waals surface area contributed by atoms with Gasteiger partial charge in [0.05, 0.1) is 6.10 Å². The van der Waals surface area contributed by atoms with Crippen LogP contribution >= 0.6 is 0 Å². The van der Waals surface area contributed by atoms with Crippen LogP contribution in [0.15, 0.2) is 24.1 Å². The molecule has 2 fully saturated rings. The van der Waals surface area contributed by atoms with E-state index in [1.807, 2.05) is 6.08 Å². The molecule has 26 heavy (non-hydrogen) atoms. The second-order valence-corrected chi connectivity index (χ2v) is 8.28. The molecule has 0 spiro atoms. The van der Waals surface area contributed by atoms with E-state index in [1.165, 1.54) is 76.4 Å². The molecule has 0 bridgehead atoms. The van der Waals surface area contributed by atoms with E-state index < -0.39 is 5.83 Å². The summed E-state index contributed by atoms with van der Waals surface area (Å²) in [6.45, 7) is 3.28. The topological polar surface area (TPSA) is 33.0 Å². The molecule has 2 aliphatic rings.